The Labute approximate surface area is 161 Å². The number of aromatic nitrogens is 1. The molecule has 0 spiro atoms. The fourth-order valence-corrected chi connectivity index (χ4v) is 3.03. The molecule has 0 atom stereocenters. The van der Waals surface area contributed by atoms with Crippen molar-refractivity contribution in [1.29, 1.82) is 0 Å². The SMILES string of the molecule is CN1C(=O)N(c2c(F)cc(C#Cc3cccnc3)cc2Cl)C(=O)CC1(C)C. The Kier molecular flexibility index (Phi) is 4.90. The lowest BCUT2D eigenvalue weighted by Gasteiger charge is -2.43. The molecule has 0 N–H and O–H groups in total. The Hall–Kier alpha value is -2.91. The van der Waals surface area contributed by atoms with Gasteiger partial charge in [-0.2, -0.15) is 0 Å². The number of halogens is 2. The third kappa shape index (κ3) is 3.64. The molecule has 2 aromatic rings. The lowest BCUT2D eigenvalue weighted by Crippen LogP contribution is -2.60. The molecular formula is C20H17ClFN3O2. The quantitative estimate of drug-likeness (QED) is 0.701. The van der Waals surface area contributed by atoms with Gasteiger partial charge in [-0.05, 0) is 38.1 Å². The van der Waals surface area contributed by atoms with Crippen LogP contribution in [0.25, 0.3) is 0 Å². The lowest BCUT2D eigenvalue weighted by molar-refractivity contribution is -0.121. The first-order valence-corrected chi connectivity index (χ1v) is 8.60. The molecule has 27 heavy (non-hydrogen) atoms. The minimum absolute atomic E-state index is 0.0553. The molecule has 0 bridgehead atoms. The van der Waals surface area contributed by atoms with Crippen molar-refractivity contribution < 1.29 is 14.0 Å². The van der Waals surface area contributed by atoms with Crippen LogP contribution in [0, 0.1) is 17.7 Å². The summed E-state index contributed by atoms with van der Waals surface area (Å²) >= 11 is 6.21. The summed E-state index contributed by atoms with van der Waals surface area (Å²) in [4.78, 5) is 31.3. The van der Waals surface area contributed by atoms with Gasteiger partial charge < -0.3 is 4.90 Å². The van der Waals surface area contributed by atoms with Crippen molar-refractivity contribution in [3.8, 4) is 11.8 Å². The number of anilines is 1. The van der Waals surface area contributed by atoms with E-state index in [2.05, 4.69) is 16.8 Å². The van der Waals surface area contributed by atoms with Gasteiger partial charge in [-0.15, -0.1) is 0 Å². The highest BCUT2D eigenvalue weighted by molar-refractivity contribution is 6.35. The van der Waals surface area contributed by atoms with Gasteiger partial charge in [0, 0.05) is 36.1 Å². The molecular weight excluding hydrogens is 369 g/mol. The Balaban J connectivity index is 1.98. The van der Waals surface area contributed by atoms with E-state index < -0.39 is 23.3 Å². The zero-order valence-corrected chi connectivity index (χ0v) is 15.8. The summed E-state index contributed by atoms with van der Waals surface area (Å²) in [5, 5.41) is -0.0553. The summed E-state index contributed by atoms with van der Waals surface area (Å²) in [7, 11) is 1.57. The minimum atomic E-state index is -0.784. The largest absolute Gasteiger partial charge is 0.331 e. The number of urea groups is 1. The van der Waals surface area contributed by atoms with Crippen LogP contribution in [0.1, 0.15) is 31.4 Å². The molecule has 1 aromatic heterocycles. The van der Waals surface area contributed by atoms with Crippen LogP contribution in [0.4, 0.5) is 14.9 Å². The average molecular weight is 386 g/mol. The van der Waals surface area contributed by atoms with E-state index in [1.807, 2.05) is 0 Å². The number of amides is 3. The molecule has 5 nitrogen and oxygen atoms in total. The smallest absolute Gasteiger partial charge is 0.321 e. The van der Waals surface area contributed by atoms with Crippen LogP contribution in [0.5, 0.6) is 0 Å². The average Bonchev–Trinajstić information content (AvgIpc) is 2.61. The molecule has 1 aromatic carbocycles. The third-order valence-electron chi connectivity index (χ3n) is 4.47. The molecule has 1 fully saturated rings. The number of carbonyl (C=O) groups is 2. The highest BCUT2D eigenvalue weighted by Crippen LogP contribution is 2.36. The van der Waals surface area contributed by atoms with Gasteiger partial charge in [0.2, 0.25) is 5.91 Å². The van der Waals surface area contributed by atoms with Crippen molar-refractivity contribution >= 4 is 29.2 Å². The van der Waals surface area contributed by atoms with Gasteiger partial charge in [-0.3, -0.25) is 9.78 Å². The number of hydrogen-bond donors (Lipinski definition) is 0. The van der Waals surface area contributed by atoms with Gasteiger partial charge in [0.15, 0.2) is 0 Å². The number of imide groups is 1. The summed E-state index contributed by atoms with van der Waals surface area (Å²) in [6, 6.07) is 5.49. The second-order valence-electron chi connectivity index (χ2n) is 6.84. The Bertz CT molecular complexity index is 957. The van der Waals surface area contributed by atoms with E-state index in [4.69, 9.17) is 11.6 Å². The maximum Gasteiger partial charge on any atom is 0.331 e. The van der Waals surface area contributed by atoms with E-state index in [-0.39, 0.29) is 17.1 Å². The number of rotatable bonds is 1. The second-order valence-corrected chi connectivity index (χ2v) is 7.25. The van der Waals surface area contributed by atoms with Gasteiger partial charge in [0.25, 0.3) is 0 Å². The van der Waals surface area contributed by atoms with E-state index in [1.54, 1.807) is 45.4 Å². The zero-order chi connectivity index (χ0) is 19.8. The van der Waals surface area contributed by atoms with Crippen molar-refractivity contribution in [3.05, 3.63) is 58.6 Å². The van der Waals surface area contributed by atoms with E-state index in [1.165, 1.54) is 11.0 Å². The summed E-state index contributed by atoms with van der Waals surface area (Å²) in [5.74, 6) is 4.37. The molecule has 3 amide bonds. The van der Waals surface area contributed by atoms with E-state index in [9.17, 15) is 14.0 Å². The van der Waals surface area contributed by atoms with Gasteiger partial charge in [-0.1, -0.05) is 23.4 Å². The van der Waals surface area contributed by atoms with E-state index >= 15 is 0 Å². The molecule has 0 aliphatic carbocycles. The number of nitrogens with zero attached hydrogens (tertiary/aromatic N) is 3. The summed E-state index contributed by atoms with van der Waals surface area (Å²) in [6.45, 7) is 3.55. The summed E-state index contributed by atoms with van der Waals surface area (Å²) in [5.41, 5.74) is 0.0999. The lowest BCUT2D eigenvalue weighted by atomic mass is 9.95. The van der Waals surface area contributed by atoms with E-state index in [0.29, 0.717) is 11.1 Å². The predicted molar refractivity (Wildman–Crippen MR) is 101 cm³/mol. The third-order valence-corrected chi connectivity index (χ3v) is 4.76. The topological polar surface area (TPSA) is 53.5 Å². The molecule has 0 saturated carbocycles. The first-order chi connectivity index (χ1) is 12.7. The van der Waals surface area contributed by atoms with Crippen molar-refractivity contribution in [2.24, 2.45) is 0 Å². The number of hydrogen-bond acceptors (Lipinski definition) is 3. The van der Waals surface area contributed by atoms with Crippen LogP contribution in [0.2, 0.25) is 5.02 Å². The number of benzene rings is 1. The highest BCUT2D eigenvalue weighted by Gasteiger charge is 2.43. The van der Waals surface area contributed by atoms with Crippen LogP contribution in [-0.2, 0) is 4.79 Å². The molecule has 0 radical (unpaired) electrons. The van der Waals surface area contributed by atoms with Crippen LogP contribution >= 0.6 is 11.6 Å². The summed E-state index contributed by atoms with van der Waals surface area (Å²) in [6.07, 6.45) is 3.27. The Morgan fingerprint density at radius 1 is 1.22 bits per heavy atom. The van der Waals surface area contributed by atoms with Gasteiger partial charge in [0.05, 0.1) is 11.4 Å². The summed E-state index contributed by atoms with van der Waals surface area (Å²) < 4.78 is 14.8. The van der Waals surface area contributed by atoms with E-state index in [0.717, 1.165) is 11.0 Å². The van der Waals surface area contributed by atoms with Gasteiger partial charge >= 0.3 is 6.03 Å². The molecule has 138 valence electrons. The van der Waals surface area contributed by atoms with Crippen LogP contribution in [0.15, 0.2) is 36.7 Å². The molecule has 1 saturated heterocycles. The molecule has 1 aliphatic rings. The highest BCUT2D eigenvalue weighted by atomic mass is 35.5. The zero-order valence-electron chi connectivity index (χ0n) is 15.1. The second kappa shape index (κ2) is 7.01. The van der Waals surface area contributed by atoms with Crippen molar-refractivity contribution in [2.75, 3.05) is 11.9 Å². The number of pyridine rings is 1. The van der Waals surface area contributed by atoms with Gasteiger partial charge in [0.1, 0.15) is 11.5 Å². The molecule has 3 rings (SSSR count). The maximum absolute atomic E-state index is 14.8. The van der Waals surface area contributed by atoms with Crippen molar-refractivity contribution in [1.82, 2.24) is 9.88 Å². The first kappa shape index (κ1) is 18.9. The van der Waals surface area contributed by atoms with Gasteiger partial charge in [-0.25, -0.2) is 14.1 Å². The standard InChI is InChI=1S/C20H17ClFN3O2/c1-20(2)11-17(26)25(19(27)24(20)3)18-15(21)9-14(10-16(18)22)7-6-13-5-4-8-23-12-13/h4-5,8-10,12H,11H2,1-3H3. The molecule has 0 unspecified atom stereocenters. The molecule has 1 aliphatic heterocycles. The van der Waals surface area contributed by atoms with Crippen LogP contribution in [0.3, 0.4) is 0 Å². The number of carbonyl (C=O) groups excluding carboxylic acids is 2. The molecule has 7 heteroatoms. The maximum atomic E-state index is 14.8. The minimum Gasteiger partial charge on any atom is -0.321 e. The van der Waals surface area contributed by atoms with Crippen molar-refractivity contribution in [2.45, 2.75) is 25.8 Å². The Morgan fingerprint density at radius 2 is 1.93 bits per heavy atom. The fraction of sp³-hybridized carbons (Fsp3) is 0.250. The Morgan fingerprint density at radius 3 is 2.56 bits per heavy atom. The van der Waals surface area contributed by atoms with Crippen molar-refractivity contribution in [3.63, 3.8) is 0 Å². The van der Waals surface area contributed by atoms with Crippen LogP contribution in [-0.4, -0.2) is 34.4 Å². The van der Waals surface area contributed by atoms with Crippen LogP contribution < -0.4 is 4.90 Å². The first-order valence-electron chi connectivity index (χ1n) is 8.22. The normalized spacial score (nSPS) is 16.2. The fourth-order valence-electron chi connectivity index (χ4n) is 2.74. The molecule has 2 heterocycles. The predicted octanol–water partition coefficient (Wildman–Crippen LogP) is 3.84. The monoisotopic (exact) mass is 385 g/mol.